The van der Waals surface area contributed by atoms with Crippen LogP contribution in [0.25, 0.3) is 0 Å². The maximum absolute atomic E-state index is 12.8. The van der Waals surface area contributed by atoms with Crippen molar-refractivity contribution in [1.82, 2.24) is 4.90 Å². The van der Waals surface area contributed by atoms with E-state index in [0.717, 1.165) is 18.4 Å². The van der Waals surface area contributed by atoms with Crippen LogP contribution in [0.4, 0.5) is 0 Å². The van der Waals surface area contributed by atoms with E-state index in [-0.39, 0.29) is 24.4 Å². The first-order valence-corrected chi connectivity index (χ1v) is 8.99. The number of benzene rings is 2. The van der Waals surface area contributed by atoms with Crippen molar-refractivity contribution >= 4 is 18.3 Å². The molecule has 0 radical (unpaired) electrons. The van der Waals surface area contributed by atoms with E-state index < -0.39 is 0 Å². The lowest BCUT2D eigenvalue weighted by Gasteiger charge is -2.29. The number of carbonyl (C=O) groups excluding carboxylic acids is 1. The van der Waals surface area contributed by atoms with E-state index in [1.54, 1.807) is 0 Å². The van der Waals surface area contributed by atoms with Gasteiger partial charge in [-0.15, -0.1) is 12.4 Å². The summed E-state index contributed by atoms with van der Waals surface area (Å²) >= 11 is 0. The van der Waals surface area contributed by atoms with Crippen LogP contribution in [0.2, 0.25) is 0 Å². The highest BCUT2D eigenvalue weighted by atomic mass is 35.5. The van der Waals surface area contributed by atoms with Gasteiger partial charge in [-0.25, -0.2) is 0 Å². The molecule has 1 aliphatic heterocycles. The quantitative estimate of drug-likeness (QED) is 0.810. The van der Waals surface area contributed by atoms with E-state index >= 15 is 0 Å². The summed E-state index contributed by atoms with van der Waals surface area (Å²) in [5.41, 5.74) is 9.40. The molecular weight excluding hydrogens is 348 g/mol. The molecule has 0 saturated heterocycles. The fourth-order valence-electron chi connectivity index (χ4n) is 3.36. The van der Waals surface area contributed by atoms with Gasteiger partial charge < -0.3 is 15.4 Å². The van der Waals surface area contributed by atoms with Crippen molar-refractivity contribution in [1.29, 1.82) is 0 Å². The number of amides is 1. The van der Waals surface area contributed by atoms with Gasteiger partial charge in [0.05, 0.1) is 19.1 Å². The lowest BCUT2D eigenvalue weighted by Crippen LogP contribution is -2.38. The van der Waals surface area contributed by atoms with Crippen molar-refractivity contribution in [3.05, 3.63) is 71.3 Å². The zero-order valence-electron chi connectivity index (χ0n) is 15.0. The molecule has 2 aromatic rings. The number of nitrogens with two attached hydrogens (primary N) is 1. The minimum atomic E-state index is -0.144. The van der Waals surface area contributed by atoms with Gasteiger partial charge in [0.15, 0.2) is 0 Å². The average molecular weight is 375 g/mol. The minimum Gasteiger partial charge on any atom is -0.373 e. The van der Waals surface area contributed by atoms with Gasteiger partial charge in [0, 0.05) is 19.6 Å². The van der Waals surface area contributed by atoms with Gasteiger partial charge in [-0.3, -0.25) is 4.79 Å². The van der Waals surface area contributed by atoms with Gasteiger partial charge in [-0.2, -0.15) is 0 Å². The van der Waals surface area contributed by atoms with Crippen molar-refractivity contribution < 1.29 is 9.53 Å². The number of rotatable bonds is 7. The molecule has 2 N–H and O–H groups in total. The van der Waals surface area contributed by atoms with Crippen molar-refractivity contribution in [2.24, 2.45) is 5.73 Å². The number of ether oxygens (including phenoxy) is 1. The number of hydrogen-bond donors (Lipinski definition) is 1. The first kappa shape index (κ1) is 20.4. The molecule has 0 saturated carbocycles. The number of hydrogen-bond acceptors (Lipinski definition) is 3. The van der Waals surface area contributed by atoms with Gasteiger partial charge in [-0.1, -0.05) is 54.6 Å². The van der Waals surface area contributed by atoms with Crippen molar-refractivity contribution in [3.63, 3.8) is 0 Å². The normalized spacial score (nSPS) is 15.7. The summed E-state index contributed by atoms with van der Waals surface area (Å²) in [6.07, 6.45) is 2.00. The van der Waals surface area contributed by atoms with E-state index in [0.29, 0.717) is 32.7 Å². The second-order valence-corrected chi connectivity index (χ2v) is 6.42. The lowest BCUT2D eigenvalue weighted by atomic mass is 9.95. The third-order valence-corrected chi connectivity index (χ3v) is 4.72. The fourth-order valence-corrected chi connectivity index (χ4v) is 3.36. The molecule has 0 aromatic heterocycles. The molecule has 26 heavy (non-hydrogen) atoms. The molecule has 4 nitrogen and oxygen atoms in total. The standard InChI is InChI=1S/C21H26N2O2.ClH/c22-12-14-23(13-10-17-6-2-1-3-7-17)21(24)16-20-19-9-5-4-8-18(19)11-15-25-20;/h1-9,20H,10-16,22H2;1H. The number of carbonyl (C=O) groups is 1. The summed E-state index contributed by atoms with van der Waals surface area (Å²) in [5.74, 6) is 0.114. The predicted molar refractivity (Wildman–Crippen MR) is 106 cm³/mol. The number of nitrogens with zero attached hydrogens (tertiary/aromatic N) is 1. The summed E-state index contributed by atoms with van der Waals surface area (Å²) < 4.78 is 5.89. The van der Waals surface area contributed by atoms with Crippen LogP contribution in [-0.2, 0) is 22.4 Å². The van der Waals surface area contributed by atoms with Crippen LogP contribution in [0.5, 0.6) is 0 Å². The largest absolute Gasteiger partial charge is 0.373 e. The van der Waals surface area contributed by atoms with E-state index in [1.807, 2.05) is 35.2 Å². The van der Waals surface area contributed by atoms with Crippen LogP contribution >= 0.6 is 12.4 Å². The molecule has 1 amide bonds. The van der Waals surface area contributed by atoms with Crippen LogP contribution < -0.4 is 5.73 Å². The zero-order chi connectivity index (χ0) is 17.5. The Bertz CT molecular complexity index is 693. The zero-order valence-corrected chi connectivity index (χ0v) is 15.8. The van der Waals surface area contributed by atoms with E-state index in [2.05, 4.69) is 24.3 Å². The Balaban J connectivity index is 0.00000243. The summed E-state index contributed by atoms with van der Waals surface area (Å²) in [4.78, 5) is 14.7. The summed E-state index contributed by atoms with van der Waals surface area (Å²) in [5, 5.41) is 0. The number of halogens is 1. The first-order chi connectivity index (χ1) is 12.3. The first-order valence-electron chi connectivity index (χ1n) is 8.99. The van der Waals surface area contributed by atoms with Crippen LogP contribution in [0, 0.1) is 0 Å². The molecule has 0 spiro atoms. The van der Waals surface area contributed by atoms with Crippen LogP contribution in [0.1, 0.15) is 29.2 Å². The van der Waals surface area contributed by atoms with Crippen LogP contribution in [0.3, 0.4) is 0 Å². The minimum absolute atomic E-state index is 0. The van der Waals surface area contributed by atoms with Gasteiger partial charge in [0.25, 0.3) is 0 Å². The van der Waals surface area contributed by atoms with Gasteiger partial charge in [0.1, 0.15) is 0 Å². The van der Waals surface area contributed by atoms with Crippen LogP contribution in [-0.4, -0.2) is 37.0 Å². The molecule has 1 aliphatic rings. The van der Waals surface area contributed by atoms with Crippen molar-refractivity contribution in [3.8, 4) is 0 Å². The Hall–Kier alpha value is -1.88. The third-order valence-electron chi connectivity index (χ3n) is 4.72. The predicted octanol–water partition coefficient (Wildman–Crippen LogP) is 3.14. The lowest BCUT2D eigenvalue weighted by molar-refractivity contribution is -0.134. The van der Waals surface area contributed by atoms with Gasteiger partial charge >= 0.3 is 0 Å². The Labute approximate surface area is 161 Å². The summed E-state index contributed by atoms with van der Waals surface area (Å²) in [6.45, 7) is 2.42. The molecular formula is C21H27ClN2O2. The monoisotopic (exact) mass is 374 g/mol. The molecule has 1 atom stereocenters. The van der Waals surface area contributed by atoms with E-state index in [1.165, 1.54) is 11.1 Å². The van der Waals surface area contributed by atoms with E-state index in [4.69, 9.17) is 10.5 Å². The highest BCUT2D eigenvalue weighted by Gasteiger charge is 2.25. The van der Waals surface area contributed by atoms with Crippen LogP contribution in [0.15, 0.2) is 54.6 Å². The highest BCUT2D eigenvalue weighted by molar-refractivity contribution is 5.85. The third kappa shape index (κ3) is 5.31. The number of fused-ring (bicyclic) bond motifs is 1. The maximum atomic E-state index is 12.8. The molecule has 0 aliphatic carbocycles. The molecule has 1 heterocycles. The Morgan fingerprint density at radius 3 is 2.58 bits per heavy atom. The van der Waals surface area contributed by atoms with Gasteiger partial charge in [-0.05, 0) is 29.5 Å². The fraction of sp³-hybridized carbons (Fsp3) is 0.381. The summed E-state index contributed by atoms with van der Waals surface area (Å²) in [6, 6.07) is 18.5. The topological polar surface area (TPSA) is 55.6 Å². The van der Waals surface area contributed by atoms with E-state index in [9.17, 15) is 4.79 Å². The average Bonchev–Trinajstić information content (AvgIpc) is 2.66. The maximum Gasteiger partial charge on any atom is 0.225 e. The molecule has 3 rings (SSSR count). The molecule has 0 bridgehead atoms. The Morgan fingerprint density at radius 1 is 1.08 bits per heavy atom. The van der Waals surface area contributed by atoms with Crippen molar-refractivity contribution in [2.75, 3.05) is 26.2 Å². The Morgan fingerprint density at radius 2 is 1.81 bits per heavy atom. The summed E-state index contributed by atoms with van der Waals surface area (Å²) in [7, 11) is 0. The second kappa shape index (κ2) is 10.3. The highest BCUT2D eigenvalue weighted by Crippen LogP contribution is 2.29. The Kier molecular flexibility index (Phi) is 8.10. The van der Waals surface area contributed by atoms with Gasteiger partial charge in [0.2, 0.25) is 5.91 Å². The molecule has 2 aromatic carbocycles. The second-order valence-electron chi connectivity index (χ2n) is 6.42. The smallest absolute Gasteiger partial charge is 0.225 e. The molecule has 5 heteroatoms. The van der Waals surface area contributed by atoms with Crippen molar-refractivity contribution in [2.45, 2.75) is 25.4 Å². The molecule has 140 valence electrons. The SMILES string of the molecule is Cl.NCCN(CCc1ccccc1)C(=O)CC1OCCc2ccccc21. The molecule has 0 fully saturated rings. The molecule has 1 unspecified atom stereocenters.